The van der Waals surface area contributed by atoms with Crippen molar-refractivity contribution in [1.82, 2.24) is 14.7 Å². The Labute approximate surface area is 127 Å². The van der Waals surface area contributed by atoms with Gasteiger partial charge in [-0.3, -0.25) is 9.59 Å². The smallest absolute Gasteiger partial charge is 0.404 e. The standard InChI is InChI=1S/C11H13BrN4O5/c12-8-5-15(13-10(8)16(20)21)6-9(17)14-3-1-7(2-4-14)11(18)19/h5,7H,1-4,6H2,(H,18,19). The molecule has 1 aliphatic rings. The summed E-state index contributed by atoms with van der Waals surface area (Å²) >= 11 is 3.01. The minimum atomic E-state index is -0.839. The van der Waals surface area contributed by atoms with Crippen molar-refractivity contribution in [3.63, 3.8) is 0 Å². The highest BCUT2D eigenvalue weighted by Gasteiger charge is 2.28. The van der Waals surface area contributed by atoms with Gasteiger partial charge < -0.3 is 20.1 Å². The lowest BCUT2D eigenvalue weighted by Crippen LogP contribution is -2.41. The van der Waals surface area contributed by atoms with Gasteiger partial charge in [0.15, 0.2) is 0 Å². The van der Waals surface area contributed by atoms with Crippen LogP contribution in [0.1, 0.15) is 12.8 Å². The maximum absolute atomic E-state index is 12.1. The first-order chi connectivity index (χ1) is 9.88. The van der Waals surface area contributed by atoms with Crippen LogP contribution in [0.4, 0.5) is 5.82 Å². The molecule has 0 bridgehead atoms. The van der Waals surface area contributed by atoms with Crippen LogP contribution in [0.25, 0.3) is 0 Å². The number of hydrogen-bond donors (Lipinski definition) is 1. The fourth-order valence-corrected chi connectivity index (χ4v) is 2.67. The van der Waals surface area contributed by atoms with Crippen LogP contribution < -0.4 is 0 Å². The predicted molar refractivity (Wildman–Crippen MR) is 73.5 cm³/mol. The van der Waals surface area contributed by atoms with E-state index in [0.717, 1.165) is 0 Å². The Hall–Kier alpha value is -1.97. The van der Waals surface area contributed by atoms with Crippen LogP contribution in [0.2, 0.25) is 0 Å². The molecule has 1 fully saturated rings. The molecule has 0 unspecified atom stereocenters. The van der Waals surface area contributed by atoms with Crippen LogP contribution in [-0.2, 0) is 16.1 Å². The van der Waals surface area contributed by atoms with Gasteiger partial charge in [-0.15, -0.1) is 0 Å². The van der Waals surface area contributed by atoms with Crippen molar-refractivity contribution in [2.24, 2.45) is 5.92 Å². The molecule has 0 atom stereocenters. The zero-order valence-electron chi connectivity index (χ0n) is 10.9. The second-order valence-electron chi connectivity index (χ2n) is 4.75. The topological polar surface area (TPSA) is 119 Å². The highest BCUT2D eigenvalue weighted by Crippen LogP contribution is 2.22. The molecular formula is C11H13BrN4O5. The number of likely N-dealkylation sites (tertiary alicyclic amines) is 1. The van der Waals surface area contributed by atoms with Gasteiger partial charge in [0.1, 0.15) is 11.0 Å². The summed E-state index contributed by atoms with van der Waals surface area (Å²) in [6, 6.07) is 0. The first-order valence-corrected chi connectivity index (χ1v) is 7.05. The quantitative estimate of drug-likeness (QED) is 0.628. The number of piperidine rings is 1. The van der Waals surface area contributed by atoms with E-state index < -0.39 is 16.8 Å². The van der Waals surface area contributed by atoms with E-state index in [-0.39, 0.29) is 22.7 Å². The van der Waals surface area contributed by atoms with Gasteiger partial charge in [0, 0.05) is 13.1 Å². The molecule has 1 aromatic rings. The van der Waals surface area contributed by atoms with E-state index in [1.807, 2.05) is 0 Å². The van der Waals surface area contributed by atoms with Crippen LogP contribution in [0.5, 0.6) is 0 Å². The number of amides is 1. The van der Waals surface area contributed by atoms with Gasteiger partial charge >= 0.3 is 11.8 Å². The lowest BCUT2D eigenvalue weighted by molar-refractivity contribution is -0.390. The Kier molecular flexibility index (Phi) is 4.56. The van der Waals surface area contributed by atoms with Crippen molar-refractivity contribution in [2.45, 2.75) is 19.4 Å². The predicted octanol–water partition coefficient (Wildman–Crippen LogP) is 0.877. The SMILES string of the molecule is O=C(O)C1CCN(C(=O)Cn2cc(Br)c([N+](=O)[O-])n2)CC1. The Morgan fingerprint density at radius 2 is 2.10 bits per heavy atom. The number of carbonyl (C=O) groups is 2. The Morgan fingerprint density at radius 3 is 2.57 bits per heavy atom. The highest BCUT2D eigenvalue weighted by molar-refractivity contribution is 9.10. The summed E-state index contributed by atoms with van der Waals surface area (Å²) < 4.78 is 1.42. The second kappa shape index (κ2) is 6.20. The fourth-order valence-electron chi connectivity index (χ4n) is 2.21. The van der Waals surface area contributed by atoms with Crippen molar-refractivity contribution >= 4 is 33.6 Å². The number of carbonyl (C=O) groups excluding carboxylic acids is 1. The first-order valence-electron chi connectivity index (χ1n) is 6.26. The number of halogens is 1. The van der Waals surface area contributed by atoms with Gasteiger partial charge in [0.2, 0.25) is 5.91 Å². The maximum Gasteiger partial charge on any atom is 0.404 e. The number of carboxylic acids is 1. The molecule has 2 heterocycles. The summed E-state index contributed by atoms with van der Waals surface area (Å²) in [6.07, 6.45) is 2.22. The zero-order chi connectivity index (χ0) is 15.6. The number of rotatable bonds is 4. The molecule has 1 amide bonds. The molecule has 0 aliphatic carbocycles. The van der Waals surface area contributed by atoms with Crippen molar-refractivity contribution in [2.75, 3.05) is 13.1 Å². The molecular weight excluding hydrogens is 348 g/mol. The number of nitrogens with zero attached hydrogens (tertiary/aromatic N) is 4. The Balaban J connectivity index is 1.95. The number of aromatic nitrogens is 2. The number of hydrogen-bond acceptors (Lipinski definition) is 5. The van der Waals surface area contributed by atoms with Crippen LogP contribution >= 0.6 is 15.9 Å². The summed E-state index contributed by atoms with van der Waals surface area (Å²) in [7, 11) is 0. The molecule has 114 valence electrons. The van der Waals surface area contributed by atoms with Gasteiger partial charge in [-0.05, 0) is 33.7 Å². The normalized spacial score (nSPS) is 16.0. The third kappa shape index (κ3) is 3.57. The van der Waals surface area contributed by atoms with Crippen molar-refractivity contribution in [3.8, 4) is 0 Å². The Morgan fingerprint density at radius 1 is 1.48 bits per heavy atom. The number of nitro groups is 1. The van der Waals surface area contributed by atoms with E-state index in [0.29, 0.717) is 25.9 Å². The molecule has 0 saturated carbocycles. The average molecular weight is 361 g/mol. The maximum atomic E-state index is 12.1. The van der Waals surface area contributed by atoms with E-state index >= 15 is 0 Å². The molecule has 0 spiro atoms. The van der Waals surface area contributed by atoms with E-state index in [1.165, 1.54) is 10.9 Å². The lowest BCUT2D eigenvalue weighted by atomic mass is 9.97. The summed E-state index contributed by atoms with van der Waals surface area (Å²) in [4.78, 5) is 34.5. The molecule has 1 N–H and O–H groups in total. The number of carboxylic acid groups (broad SMARTS) is 1. The third-order valence-electron chi connectivity index (χ3n) is 3.37. The third-order valence-corrected chi connectivity index (χ3v) is 3.93. The van der Waals surface area contributed by atoms with E-state index in [1.54, 1.807) is 4.90 Å². The molecule has 1 aliphatic heterocycles. The van der Waals surface area contributed by atoms with Gasteiger partial charge in [-0.2, -0.15) is 4.68 Å². The summed E-state index contributed by atoms with van der Waals surface area (Å²) in [5.74, 6) is -1.82. The minimum absolute atomic E-state index is 0.107. The van der Waals surface area contributed by atoms with Crippen LogP contribution in [0.15, 0.2) is 10.7 Å². The van der Waals surface area contributed by atoms with Crippen molar-refractivity contribution in [1.29, 1.82) is 0 Å². The average Bonchev–Trinajstić information content (AvgIpc) is 2.79. The molecule has 21 heavy (non-hydrogen) atoms. The van der Waals surface area contributed by atoms with Crippen molar-refractivity contribution < 1.29 is 19.6 Å². The van der Waals surface area contributed by atoms with E-state index in [9.17, 15) is 19.7 Å². The second-order valence-corrected chi connectivity index (χ2v) is 5.60. The number of aliphatic carboxylic acids is 1. The van der Waals surface area contributed by atoms with Crippen LogP contribution in [0.3, 0.4) is 0 Å². The zero-order valence-corrected chi connectivity index (χ0v) is 12.5. The largest absolute Gasteiger partial charge is 0.481 e. The molecule has 0 radical (unpaired) electrons. The molecule has 10 heteroatoms. The van der Waals surface area contributed by atoms with Crippen LogP contribution in [0, 0.1) is 16.0 Å². The highest BCUT2D eigenvalue weighted by atomic mass is 79.9. The summed E-state index contributed by atoms with van der Waals surface area (Å²) in [5.41, 5.74) is 0. The molecule has 1 saturated heterocycles. The molecule has 2 rings (SSSR count). The first kappa shape index (κ1) is 15.4. The molecule has 0 aromatic carbocycles. The van der Waals surface area contributed by atoms with Gasteiger partial charge in [0.05, 0.1) is 17.2 Å². The van der Waals surface area contributed by atoms with Gasteiger partial charge in [-0.1, -0.05) is 0 Å². The summed E-state index contributed by atoms with van der Waals surface area (Å²) in [5, 5.41) is 23.3. The lowest BCUT2D eigenvalue weighted by Gasteiger charge is -2.29. The Bertz CT molecular complexity index is 579. The molecule has 9 nitrogen and oxygen atoms in total. The van der Waals surface area contributed by atoms with Crippen molar-refractivity contribution in [3.05, 3.63) is 20.8 Å². The van der Waals surface area contributed by atoms with Gasteiger partial charge in [0.25, 0.3) is 0 Å². The summed E-state index contributed by atoms with van der Waals surface area (Å²) in [6.45, 7) is 0.644. The van der Waals surface area contributed by atoms with E-state index in [2.05, 4.69) is 21.0 Å². The van der Waals surface area contributed by atoms with Crippen LogP contribution in [-0.4, -0.2) is 49.7 Å². The van der Waals surface area contributed by atoms with Gasteiger partial charge in [-0.25, -0.2) is 0 Å². The monoisotopic (exact) mass is 360 g/mol. The van der Waals surface area contributed by atoms with E-state index in [4.69, 9.17) is 5.11 Å². The minimum Gasteiger partial charge on any atom is -0.481 e. The fraction of sp³-hybridized carbons (Fsp3) is 0.545. The molecule has 1 aromatic heterocycles.